The molecule has 0 unspecified atom stereocenters. The van der Waals surface area contributed by atoms with Crippen LogP contribution in [-0.2, 0) is 20.2 Å². The SMILES string of the molecule is COP(=O)(OC)C(=[N+]=[N-])C(=O)c1ccccc1CN(C)c1ccccc1. The van der Waals surface area contributed by atoms with Crippen LogP contribution in [0.2, 0.25) is 0 Å². The highest BCUT2D eigenvalue weighted by Crippen LogP contribution is 2.48. The van der Waals surface area contributed by atoms with Crippen molar-refractivity contribution in [1.29, 1.82) is 0 Å². The third-order valence-corrected chi connectivity index (χ3v) is 5.68. The van der Waals surface area contributed by atoms with E-state index in [1.54, 1.807) is 24.3 Å². The number of benzene rings is 2. The standard InChI is InChI=1S/C18H20N3O4P/c1-21(15-10-5-4-6-11-15)13-14-9-7-8-12-16(14)17(22)18(20-19)26(23,24-2)25-3/h4-12H,13H2,1-3H3. The topological polar surface area (TPSA) is 92.2 Å². The van der Waals surface area contributed by atoms with Gasteiger partial charge in [-0.1, -0.05) is 42.5 Å². The van der Waals surface area contributed by atoms with Gasteiger partial charge in [0.1, 0.15) is 0 Å². The van der Waals surface area contributed by atoms with E-state index in [0.29, 0.717) is 12.1 Å². The average molecular weight is 373 g/mol. The molecule has 0 spiro atoms. The molecule has 0 N–H and O–H groups in total. The lowest BCUT2D eigenvalue weighted by molar-refractivity contribution is -0.00425. The molecule has 0 saturated carbocycles. The minimum atomic E-state index is -3.99. The second-order valence-corrected chi connectivity index (χ2v) is 7.61. The van der Waals surface area contributed by atoms with Crippen molar-refractivity contribution in [1.82, 2.24) is 0 Å². The fraction of sp³-hybridized carbons (Fsp3) is 0.222. The van der Waals surface area contributed by atoms with E-state index in [1.807, 2.05) is 42.3 Å². The lowest BCUT2D eigenvalue weighted by atomic mass is 10.0. The zero-order chi connectivity index (χ0) is 19.2. The highest BCUT2D eigenvalue weighted by molar-refractivity contribution is 7.75. The van der Waals surface area contributed by atoms with Gasteiger partial charge in [-0.25, -0.2) is 4.57 Å². The first-order valence-corrected chi connectivity index (χ1v) is 9.34. The number of para-hydroxylation sites is 1. The summed E-state index contributed by atoms with van der Waals surface area (Å²) in [5, 5.41) is 0. The van der Waals surface area contributed by atoms with Crippen LogP contribution in [0.3, 0.4) is 0 Å². The molecule has 0 aliphatic carbocycles. The van der Waals surface area contributed by atoms with Gasteiger partial charge < -0.3 is 19.5 Å². The lowest BCUT2D eigenvalue weighted by Crippen LogP contribution is -2.22. The molecule has 0 radical (unpaired) electrons. The van der Waals surface area contributed by atoms with E-state index in [4.69, 9.17) is 9.05 Å². The Kier molecular flexibility index (Phi) is 6.61. The van der Waals surface area contributed by atoms with Gasteiger partial charge in [0.2, 0.25) is 0 Å². The number of nitrogens with zero attached hydrogens (tertiary/aromatic N) is 3. The van der Waals surface area contributed by atoms with E-state index in [1.165, 1.54) is 0 Å². The van der Waals surface area contributed by atoms with E-state index in [-0.39, 0.29) is 5.56 Å². The second kappa shape index (κ2) is 8.70. The molecule has 0 aliphatic rings. The van der Waals surface area contributed by atoms with Crippen LogP contribution in [0.25, 0.3) is 5.53 Å². The molecule has 2 rings (SSSR count). The van der Waals surface area contributed by atoms with Crippen LogP contribution < -0.4 is 4.90 Å². The molecule has 2 aromatic carbocycles. The molecule has 8 heteroatoms. The predicted octanol–water partition coefficient (Wildman–Crippen LogP) is 3.62. The molecule has 0 aliphatic heterocycles. The summed E-state index contributed by atoms with van der Waals surface area (Å²) in [5.74, 6) is -0.711. The van der Waals surface area contributed by atoms with Crippen molar-refractivity contribution in [2.24, 2.45) is 0 Å². The Hall–Kier alpha value is -2.56. The fourth-order valence-electron chi connectivity index (χ4n) is 2.50. The fourth-order valence-corrected chi connectivity index (χ4v) is 3.48. The molecular formula is C18H20N3O4P. The molecule has 26 heavy (non-hydrogen) atoms. The number of Topliss-reactive ketones (excluding diaryl/α,β-unsaturated/α-hetero) is 1. The van der Waals surface area contributed by atoms with Crippen LogP contribution >= 0.6 is 7.60 Å². The number of anilines is 1. The van der Waals surface area contributed by atoms with Crippen molar-refractivity contribution >= 4 is 24.5 Å². The normalized spacial score (nSPS) is 10.9. The Labute approximate surface area is 152 Å². The van der Waals surface area contributed by atoms with Gasteiger partial charge in [0.15, 0.2) is 0 Å². The molecule has 0 fully saturated rings. The first-order valence-electron chi connectivity index (χ1n) is 7.79. The zero-order valence-electron chi connectivity index (χ0n) is 14.8. The highest BCUT2D eigenvalue weighted by atomic mass is 31.2. The van der Waals surface area contributed by atoms with Crippen molar-refractivity contribution in [3.05, 3.63) is 71.3 Å². The summed E-state index contributed by atoms with van der Waals surface area (Å²) in [6, 6.07) is 16.5. The molecule has 0 bridgehead atoms. The summed E-state index contributed by atoms with van der Waals surface area (Å²) >= 11 is 0. The van der Waals surface area contributed by atoms with Crippen molar-refractivity contribution in [2.75, 3.05) is 26.2 Å². The summed E-state index contributed by atoms with van der Waals surface area (Å²) in [6.45, 7) is 0.425. The first kappa shape index (κ1) is 19.8. The number of hydrogen-bond donors (Lipinski definition) is 0. The Morgan fingerprint density at radius 3 is 2.23 bits per heavy atom. The summed E-state index contributed by atoms with van der Waals surface area (Å²) < 4.78 is 22.1. The third kappa shape index (κ3) is 4.15. The molecule has 0 atom stereocenters. The van der Waals surface area contributed by atoms with Crippen LogP contribution in [-0.4, -0.2) is 37.3 Å². The van der Waals surface area contributed by atoms with Gasteiger partial charge in [0.25, 0.3) is 5.78 Å². The minimum absolute atomic E-state index is 0.261. The zero-order valence-corrected chi connectivity index (χ0v) is 15.7. The van der Waals surface area contributed by atoms with Gasteiger partial charge in [0, 0.05) is 39.1 Å². The highest BCUT2D eigenvalue weighted by Gasteiger charge is 2.45. The van der Waals surface area contributed by atoms with Gasteiger partial charge in [-0.15, -0.1) is 0 Å². The molecule has 2 aromatic rings. The molecule has 0 saturated heterocycles. The van der Waals surface area contributed by atoms with Gasteiger partial charge in [-0.3, -0.25) is 4.79 Å². The maximum Gasteiger partial charge on any atom is 0.448 e. The van der Waals surface area contributed by atoms with Crippen molar-refractivity contribution in [3.63, 3.8) is 0 Å². The molecule has 0 amide bonds. The number of ketones is 1. The van der Waals surface area contributed by atoms with Gasteiger partial charge in [0.05, 0.1) is 0 Å². The van der Waals surface area contributed by atoms with Gasteiger partial charge >= 0.3 is 13.0 Å². The van der Waals surface area contributed by atoms with Gasteiger partial charge in [-0.05, 0) is 17.7 Å². The van der Waals surface area contributed by atoms with E-state index >= 15 is 0 Å². The Bertz CT molecular complexity index is 871. The van der Waals surface area contributed by atoms with Crippen LogP contribution in [0, 0.1) is 0 Å². The van der Waals surface area contributed by atoms with E-state index in [2.05, 4.69) is 4.79 Å². The second-order valence-electron chi connectivity index (χ2n) is 5.46. The Balaban J connectivity index is 2.38. The lowest BCUT2D eigenvalue weighted by Gasteiger charge is -2.20. The van der Waals surface area contributed by atoms with Crippen molar-refractivity contribution < 1.29 is 23.2 Å². The molecule has 0 heterocycles. The summed E-state index contributed by atoms with van der Waals surface area (Å²) in [5.41, 5.74) is 10.5. The molecule has 136 valence electrons. The third-order valence-electron chi connectivity index (χ3n) is 3.90. The van der Waals surface area contributed by atoms with E-state index < -0.39 is 18.8 Å². The van der Waals surface area contributed by atoms with Crippen molar-refractivity contribution in [2.45, 2.75) is 6.54 Å². The number of hydrogen-bond acceptors (Lipinski definition) is 5. The largest absolute Gasteiger partial charge is 0.448 e. The maximum atomic E-state index is 12.8. The van der Waals surface area contributed by atoms with Crippen LogP contribution in [0.15, 0.2) is 54.6 Å². The molecule has 7 nitrogen and oxygen atoms in total. The monoisotopic (exact) mass is 373 g/mol. The Morgan fingerprint density at radius 1 is 1.08 bits per heavy atom. The smallest absolute Gasteiger partial charge is 0.370 e. The van der Waals surface area contributed by atoms with Crippen LogP contribution in [0.4, 0.5) is 5.69 Å². The van der Waals surface area contributed by atoms with Crippen molar-refractivity contribution in [3.8, 4) is 0 Å². The van der Waals surface area contributed by atoms with Crippen LogP contribution in [0.1, 0.15) is 15.9 Å². The van der Waals surface area contributed by atoms with Crippen LogP contribution in [0.5, 0.6) is 0 Å². The molecule has 0 aromatic heterocycles. The predicted molar refractivity (Wildman–Crippen MR) is 99.6 cm³/mol. The Morgan fingerprint density at radius 2 is 1.65 bits per heavy atom. The number of carbonyl (C=O) groups is 1. The number of carbonyl (C=O) groups excluding carboxylic acids is 1. The van der Waals surface area contributed by atoms with E-state index in [9.17, 15) is 14.9 Å². The van der Waals surface area contributed by atoms with E-state index in [0.717, 1.165) is 19.9 Å². The summed E-state index contributed by atoms with van der Waals surface area (Å²) in [4.78, 5) is 17.7. The summed E-state index contributed by atoms with van der Waals surface area (Å²) in [6.07, 6.45) is 0. The number of rotatable bonds is 8. The first-order chi connectivity index (χ1) is 12.5. The quantitative estimate of drug-likeness (QED) is 0.232. The minimum Gasteiger partial charge on any atom is -0.370 e. The summed E-state index contributed by atoms with van der Waals surface area (Å²) in [7, 11) is 0.153. The molecular weight excluding hydrogens is 353 g/mol. The average Bonchev–Trinajstić information content (AvgIpc) is 2.69. The van der Waals surface area contributed by atoms with Gasteiger partial charge in [-0.2, -0.15) is 4.79 Å². The maximum absolute atomic E-state index is 12.8.